The molecule has 0 saturated carbocycles. The first kappa shape index (κ1) is 15.0. The van der Waals surface area contributed by atoms with Gasteiger partial charge in [0.25, 0.3) is 5.91 Å². The Morgan fingerprint density at radius 3 is 2.68 bits per heavy atom. The molecule has 1 aliphatic rings. The van der Waals surface area contributed by atoms with Crippen LogP contribution >= 0.6 is 31.9 Å². The first-order chi connectivity index (χ1) is 9.00. The molecular weight excluding hydrogens is 374 g/mol. The van der Waals surface area contributed by atoms with Crippen LogP contribution in [0.15, 0.2) is 27.1 Å². The van der Waals surface area contributed by atoms with Crippen molar-refractivity contribution in [2.75, 3.05) is 19.8 Å². The summed E-state index contributed by atoms with van der Waals surface area (Å²) in [6, 6.07) is 5.57. The van der Waals surface area contributed by atoms with E-state index < -0.39 is 0 Å². The average Bonchev–Trinajstić information content (AvgIpc) is 2.37. The predicted molar refractivity (Wildman–Crippen MR) is 82.3 cm³/mol. The van der Waals surface area contributed by atoms with Crippen LogP contribution < -0.4 is 5.32 Å². The monoisotopic (exact) mass is 389 g/mol. The molecule has 5 heteroatoms. The first-order valence-corrected chi connectivity index (χ1v) is 7.90. The lowest BCUT2D eigenvalue weighted by molar-refractivity contribution is 0.0238. The van der Waals surface area contributed by atoms with E-state index >= 15 is 0 Å². The average molecular weight is 391 g/mol. The number of benzene rings is 1. The largest absolute Gasteiger partial charge is 0.381 e. The van der Waals surface area contributed by atoms with Crippen molar-refractivity contribution in [3.63, 3.8) is 0 Å². The van der Waals surface area contributed by atoms with Gasteiger partial charge in [-0.05, 0) is 52.4 Å². The molecule has 1 fully saturated rings. The van der Waals surface area contributed by atoms with Gasteiger partial charge in [0.2, 0.25) is 0 Å². The molecule has 0 aromatic heterocycles. The van der Waals surface area contributed by atoms with Gasteiger partial charge in [-0.3, -0.25) is 4.79 Å². The van der Waals surface area contributed by atoms with Crippen molar-refractivity contribution < 1.29 is 9.53 Å². The molecule has 1 aliphatic heterocycles. The molecule has 2 rings (SSSR count). The number of rotatable bonds is 3. The molecule has 1 heterocycles. The van der Waals surface area contributed by atoms with Crippen LogP contribution in [0.2, 0.25) is 0 Å². The Hall–Kier alpha value is -0.390. The molecule has 1 aromatic carbocycles. The number of halogens is 2. The lowest BCUT2D eigenvalue weighted by Gasteiger charge is -2.33. The minimum Gasteiger partial charge on any atom is -0.381 e. The summed E-state index contributed by atoms with van der Waals surface area (Å²) in [5.41, 5.74) is 0.814. The van der Waals surface area contributed by atoms with E-state index in [9.17, 15) is 4.79 Å². The van der Waals surface area contributed by atoms with Crippen molar-refractivity contribution in [3.05, 3.63) is 32.7 Å². The lowest BCUT2D eigenvalue weighted by atomic mass is 9.82. The quantitative estimate of drug-likeness (QED) is 0.853. The summed E-state index contributed by atoms with van der Waals surface area (Å²) in [6.07, 6.45) is 1.99. The van der Waals surface area contributed by atoms with E-state index in [0.29, 0.717) is 12.1 Å². The van der Waals surface area contributed by atoms with Crippen LogP contribution in [0.1, 0.15) is 30.1 Å². The third-order valence-electron chi connectivity index (χ3n) is 3.55. The van der Waals surface area contributed by atoms with Gasteiger partial charge >= 0.3 is 0 Å². The van der Waals surface area contributed by atoms with Gasteiger partial charge in [-0.15, -0.1) is 0 Å². The summed E-state index contributed by atoms with van der Waals surface area (Å²) in [5, 5.41) is 3.03. The molecule has 1 aromatic rings. The third-order valence-corrected chi connectivity index (χ3v) is 4.70. The molecule has 0 spiro atoms. The summed E-state index contributed by atoms with van der Waals surface area (Å²) in [4.78, 5) is 12.2. The number of carbonyl (C=O) groups is 1. The van der Waals surface area contributed by atoms with E-state index in [-0.39, 0.29) is 11.3 Å². The summed E-state index contributed by atoms with van der Waals surface area (Å²) in [6.45, 7) is 4.47. The van der Waals surface area contributed by atoms with Crippen LogP contribution in [0.25, 0.3) is 0 Å². The van der Waals surface area contributed by atoms with Gasteiger partial charge in [0.1, 0.15) is 0 Å². The smallest absolute Gasteiger partial charge is 0.252 e. The van der Waals surface area contributed by atoms with E-state index in [4.69, 9.17) is 4.74 Å². The van der Waals surface area contributed by atoms with Crippen LogP contribution in [0, 0.1) is 5.41 Å². The Balaban J connectivity index is 1.97. The van der Waals surface area contributed by atoms with Crippen LogP contribution in [0.3, 0.4) is 0 Å². The molecule has 19 heavy (non-hydrogen) atoms. The van der Waals surface area contributed by atoms with Gasteiger partial charge in [0.05, 0.1) is 5.56 Å². The highest BCUT2D eigenvalue weighted by molar-refractivity contribution is 9.11. The maximum Gasteiger partial charge on any atom is 0.252 e. The van der Waals surface area contributed by atoms with Crippen molar-refractivity contribution in [3.8, 4) is 0 Å². The van der Waals surface area contributed by atoms with Gasteiger partial charge in [0, 0.05) is 28.7 Å². The standard InChI is InChI=1S/C14H17Br2NO2/c1-14(4-6-19-7-5-14)9-17-13(18)11-3-2-10(15)8-12(11)16/h2-3,8H,4-7,9H2,1H3,(H,17,18). The van der Waals surface area contributed by atoms with Crippen LogP contribution in [-0.4, -0.2) is 25.7 Å². The second kappa shape index (κ2) is 6.37. The lowest BCUT2D eigenvalue weighted by Crippen LogP contribution is -2.39. The first-order valence-electron chi connectivity index (χ1n) is 6.31. The molecular formula is C14H17Br2NO2. The van der Waals surface area contributed by atoms with E-state index in [0.717, 1.165) is 35.0 Å². The highest BCUT2D eigenvalue weighted by atomic mass is 79.9. The summed E-state index contributed by atoms with van der Waals surface area (Å²) in [7, 11) is 0. The summed E-state index contributed by atoms with van der Waals surface area (Å²) < 4.78 is 7.12. The topological polar surface area (TPSA) is 38.3 Å². The summed E-state index contributed by atoms with van der Waals surface area (Å²) in [5.74, 6) is -0.0351. The second-order valence-corrected chi connectivity index (χ2v) is 7.00. The fourth-order valence-corrected chi connectivity index (χ4v) is 3.33. The Morgan fingerprint density at radius 2 is 2.05 bits per heavy atom. The van der Waals surface area contributed by atoms with E-state index in [1.54, 1.807) is 0 Å². The highest BCUT2D eigenvalue weighted by Crippen LogP contribution is 2.29. The third kappa shape index (κ3) is 4.04. The number of amides is 1. The Morgan fingerprint density at radius 1 is 1.37 bits per heavy atom. The minimum atomic E-state index is -0.0351. The van der Waals surface area contributed by atoms with Crippen molar-refractivity contribution >= 4 is 37.8 Å². The molecule has 0 unspecified atom stereocenters. The zero-order valence-corrected chi connectivity index (χ0v) is 14.0. The Bertz CT molecular complexity index is 471. The fraction of sp³-hybridized carbons (Fsp3) is 0.500. The van der Waals surface area contributed by atoms with Crippen molar-refractivity contribution in [2.45, 2.75) is 19.8 Å². The predicted octanol–water partition coefficient (Wildman–Crippen LogP) is 3.76. The van der Waals surface area contributed by atoms with Gasteiger partial charge in [-0.2, -0.15) is 0 Å². The van der Waals surface area contributed by atoms with Crippen LogP contribution in [-0.2, 0) is 4.74 Å². The van der Waals surface area contributed by atoms with Crippen LogP contribution in [0.5, 0.6) is 0 Å². The molecule has 0 aliphatic carbocycles. The van der Waals surface area contributed by atoms with E-state index in [1.165, 1.54) is 0 Å². The molecule has 0 radical (unpaired) electrons. The fourth-order valence-electron chi connectivity index (χ4n) is 2.10. The number of ether oxygens (including phenoxy) is 1. The van der Waals surface area contributed by atoms with Crippen molar-refractivity contribution in [2.24, 2.45) is 5.41 Å². The van der Waals surface area contributed by atoms with Gasteiger partial charge in [-0.1, -0.05) is 22.9 Å². The second-order valence-electron chi connectivity index (χ2n) is 5.23. The van der Waals surface area contributed by atoms with Crippen molar-refractivity contribution in [1.82, 2.24) is 5.32 Å². The molecule has 1 N–H and O–H groups in total. The zero-order valence-electron chi connectivity index (χ0n) is 10.8. The number of carbonyl (C=O) groups excluding carboxylic acids is 1. The van der Waals surface area contributed by atoms with Gasteiger partial charge in [0.15, 0.2) is 0 Å². The highest BCUT2D eigenvalue weighted by Gasteiger charge is 2.28. The van der Waals surface area contributed by atoms with Crippen LogP contribution in [0.4, 0.5) is 0 Å². The Labute approximate surface area is 130 Å². The Kier molecular flexibility index (Phi) is 5.03. The SMILES string of the molecule is CC1(CNC(=O)c2ccc(Br)cc2Br)CCOCC1. The summed E-state index contributed by atoms with van der Waals surface area (Å²) >= 11 is 6.80. The number of hydrogen-bond acceptors (Lipinski definition) is 2. The van der Waals surface area contributed by atoms with E-state index in [2.05, 4.69) is 44.1 Å². The molecule has 0 atom stereocenters. The molecule has 104 valence electrons. The normalized spacial score (nSPS) is 18.1. The van der Waals surface area contributed by atoms with Crippen molar-refractivity contribution in [1.29, 1.82) is 0 Å². The molecule has 1 saturated heterocycles. The maximum absolute atomic E-state index is 12.2. The van der Waals surface area contributed by atoms with Gasteiger partial charge in [-0.25, -0.2) is 0 Å². The minimum absolute atomic E-state index is 0.0351. The van der Waals surface area contributed by atoms with Gasteiger partial charge < -0.3 is 10.1 Å². The van der Waals surface area contributed by atoms with E-state index in [1.807, 2.05) is 18.2 Å². The number of nitrogens with one attached hydrogen (secondary N) is 1. The number of hydrogen-bond donors (Lipinski definition) is 1. The zero-order chi connectivity index (χ0) is 13.9. The maximum atomic E-state index is 12.2. The molecule has 1 amide bonds. The molecule has 0 bridgehead atoms. The molecule has 3 nitrogen and oxygen atoms in total.